The average Bonchev–Trinajstić information content (AvgIpc) is 3.08. The van der Waals surface area contributed by atoms with Gasteiger partial charge in [0.05, 0.1) is 12.2 Å². The molecule has 3 rings (SSSR count). The van der Waals surface area contributed by atoms with Gasteiger partial charge in [0.2, 0.25) is 0 Å². The molecule has 20 heavy (non-hydrogen) atoms. The molecule has 0 bridgehead atoms. The molecule has 1 saturated carbocycles. The third-order valence-corrected chi connectivity index (χ3v) is 5.56. The Labute approximate surface area is 124 Å². The van der Waals surface area contributed by atoms with E-state index in [1.165, 1.54) is 64.5 Å². The highest BCUT2D eigenvalue weighted by Crippen LogP contribution is 2.36. The van der Waals surface area contributed by atoms with E-state index in [4.69, 9.17) is 4.74 Å². The van der Waals surface area contributed by atoms with Crippen LogP contribution in [0.3, 0.4) is 0 Å². The van der Waals surface area contributed by atoms with Crippen LogP contribution in [-0.4, -0.2) is 49.3 Å². The van der Waals surface area contributed by atoms with E-state index < -0.39 is 0 Å². The van der Waals surface area contributed by atoms with E-state index in [0.717, 1.165) is 25.0 Å². The monoisotopic (exact) mass is 280 g/mol. The summed E-state index contributed by atoms with van der Waals surface area (Å²) < 4.78 is 6.25. The topological polar surface area (TPSA) is 24.5 Å². The van der Waals surface area contributed by atoms with Gasteiger partial charge in [-0.3, -0.25) is 4.90 Å². The predicted octanol–water partition coefficient (Wildman–Crippen LogP) is 2.80. The first-order chi connectivity index (χ1) is 9.86. The maximum absolute atomic E-state index is 6.25. The van der Waals surface area contributed by atoms with Crippen LogP contribution in [0.4, 0.5) is 0 Å². The summed E-state index contributed by atoms with van der Waals surface area (Å²) in [6.45, 7) is 6.93. The van der Waals surface area contributed by atoms with Crippen LogP contribution >= 0.6 is 0 Å². The van der Waals surface area contributed by atoms with Gasteiger partial charge in [-0.15, -0.1) is 0 Å². The summed E-state index contributed by atoms with van der Waals surface area (Å²) in [4.78, 5) is 2.76. The zero-order valence-corrected chi connectivity index (χ0v) is 13.2. The summed E-state index contributed by atoms with van der Waals surface area (Å²) in [5.41, 5.74) is 0. The molecule has 2 heterocycles. The lowest BCUT2D eigenvalue weighted by Gasteiger charge is -2.33. The molecule has 4 unspecified atom stereocenters. The van der Waals surface area contributed by atoms with Crippen molar-refractivity contribution in [2.45, 2.75) is 76.5 Å². The molecule has 0 aromatic heterocycles. The van der Waals surface area contributed by atoms with Crippen molar-refractivity contribution in [3.63, 3.8) is 0 Å². The van der Waals surface area contributed by atoms with Crippen molar-refractivity contribution in [2.75, 3.05) is 26.2 Å². The zero-order chi connectivity index (χ0) is 13.8. The summed E-state index contributed by atoms with van der Waals surface area (Å²) in [6.07, 6.45) is 12.0. The minimum Gasteiger partial charge on any atom is -0.372 e. The van der Waals surface area contributed by atoms with E-state index in [9.17, 15) is 0 Å². The molecule has 3 nitrogen and oxygen atoms in total. The Bertz CT molecular complexity index is 297. The zero-order valence-electron chi connectivity index (χ0n) is 13.2. The van der Waals surface area contributed by atoms with E-state index in [-0.39, 0.29) is 0 Å². The SMILES string of the molecule is CCCNCC1CCC(CN2CCC3CCCCC32)O1. The Kier molecular flexibility index (Phi) is 5.36. The standard InChI is InChI=1S/C17H32N2O/c1-2-10-18-12-15-7-8-16(20-15)13-19-11-9-14-5-3-4-6-17(14)19/h14-18H,2-13H2,1H3. The van der Waals surface area contributed by atoms with Crippen LogP contribution in [0.25, 0.3) is 0 Å². The second kappa shape index (κ2) is 7.24. The Morgan fingerprint density at radius 2 is 1.90 bits per heavy atom. The van der Waals surface area contributed by atoms with Crippen LogP contribution in [0.2, 0.25) is 0 Å². The maximum atomic E-state index is 6.25. The molecule has 1 N–H and O–H groups in total. The van der Waals surface area contributed by atoms with Crippen LogP contribution in [0.15, 0.2) is 0 Å². The van der Waals surface area contributed by atoms with Crippen molar-refractivity contribution in [1.29, 1.82) is 0 Å². The molecule has 1 aliphatic carbocycles. The largest absolute Gasteiger partial charge is 0.372 e. The summed E-state index contributed by atoms with van der Waals surface area (Å²) in [7, 11) is 0. The summed E-state index contributed by atoms with van der Waals surface area (Å²) in [5, 5.41) is 3.50. The smallest absolute Gasteiger partial charge is 0.0707 e. The van der Waals surface area contributed by atoms with Crippen molar-refractivity contribution in [3.8, 4) is 0 Å². The third kappa shape index (κ3) is 3.55. The Balaban J connectivity index is 1.40. The molecule has 2 saturated heterocycles. The van der Waals surface area contributed by atoms with Crippen molar-refractivity contribution in [1.82, 2.24) is 10.2 Å². The van der Waals surface area contributed by atoms with Gasteiger partial charge in [0.1, 0.15) is 0 Å². The lowest BCUT2D eigenvalue weighted by Crippen LogP contribution is -2.40. The van der Waals surface area contributed by atoms with E-state index in [1.807, 2.05) is 0 Å². The number of hydrogen-bond acceptors (Lipinski definition) is 3. The van der Waals surface area contributed by atoms with Gasteiger partial charge in [-0.25, -0.2) is 0 Å². The van der Waals surface area contributed by atoms with Crippen LogP contribution in [-0.2, 0) is 4.74 Å². The van der Waals surface area contributed by atoms with Crippen LogP contribution in [0, 0.1) is 5.92 Å². The van der Waals surface area contributed by atoms with Gasteiger partial charge in [-0.1, -0.05) is 19.8 Å². The number of hydrogen-bond donors (Lipinski definition) is 1. The summed E-state index contributed by atoms with van der Waals surface area (Å²) in [6, 6.07) is 0.893. The van der Waals surface area contributed by atoms with Crippen LogP contribution in [0.1, 0.15) is 58.3 Å². The molecule has 4 atom stereocenters. The molecule has 0 aromatic carbocycles. The van der Waals surface area contributed by atoms with Crippen LogP contribution < -0.4 is 5.32 Å². The number of ether oxygens (including phenoxy) is 1. The molecule has 3 heteroatoms. The summed E-state index contributed by atoms with van der Waals surface area (Å²) >= 11 is 0. The number of nitrogens with zero attached hydrogens (tertiary/aromatic N) is 1. The highest BCUT2D eigenvalue weighted by atomic mass is 16.5. The molecule has 116 valence electrons. The Hall–Kier alpha value is -0.120. The lowest BCUT2D eigenvalue weighted by molar-refractivity contribution is 0.0166. The van der Waals surface area contributed by atoms with Crippen molar-refractivity contribution >= 4 is 0 Å². The summed E-state index contributed by atoms with van der Waals surface area (Å²) in [5.74, 6) is 1.01. The molecule has 0 spiro atoms. The molecule has 0 aromatic rings. The second-order valence-corrected chi connectivity index (χ2v) is 7.06. The third-order valence-electron chi connectivity index (χ3n) is 5.56. The van der Waals surface area contributed by atoms with Gasteiger partial charge in [0.15, 0.2) is 0 Å². The van der Waals surface area contributed by atoms with Gasteiger partial charge < -0.3 is 10.1 Å². The second-order valence-electron chi connectivity index (χ2n) is 7.06. The molecular formula is C17H32N2O. The highest BCUT2D eigenvalue weighted by Gasteiger charge is 2.37. The minimum absolute atomic E-state index is 0.469. The van der Waals surface area contributed by atoms with E-state index in [2.05, 4.69) is 17.1 Å². The van der Waals surface area contributed by atoms with Crippen molar-refractivity contribution in [2.24, 2.45) is 5.92 Å². The fourth-order valence-electron chi connectivity index (χ4n) is 4.50. The quantitative estimate of drug-likeness (QED) is 0.757. The number of rotatable bonds is 6. The van der Waals surface area contributed by atoms with Crippen molar-refractivity contribution < 1.29 is 4.74 Å². The van der Waals surface area contributed by atoms with E-state index in [1.54, 1.807) is 0 Å². The highest BCUT2D eigenvalue weighted by molar-refractivity contribution is 4.91. The van der Waals surface area contributed by atoms with Gasteiger partial charge >= 0.3 is 0 Å². The lowest BCUT2D eigenvalue weighted by atomic mass is 9.85. The Morgan fingerprint density at radius 1 is 1.05 bits per heavy atom. The maximum Gasteiger partial charge on any atom is 0.0707 e. The van der Waals surface area contributed by atoms with E-state index >= 15 is 0 Å². The first-order valence-corrected chi connectivity index (χ1v) is 8.97. The molecule has 0 radical (unpaired) electrons. The van der Waals surface area contributed by atoms with Gasteiger partial charge in [-0.2, -0.15) is 0 Å². The first kappa shape index (κ1) is 14.8. The van der Waals surface area contributed by atoms with Gasteiger partial charge in [0, 0.05) is 19.1 Å². The minimum atomic E-state index is 0.469. The fraction of sp³-hybridized carbons (Fsp3) is 1.00. The number of fused-ring (bicyclic) bond motifs is 1. The molecule has 2 aliphatic heterocycles. The van der Waals surface area contributed by atoms with E-state index in [0.29, 0.717) is 12.2 Å². The van der Waals surface area contributed by atoms with Gasteiger partial charge in [-0.05, 0) is 57.5 Å². The molecular weight excluding hydrogens is 248 g/mol. The molecule has 3 fully saturated rings. The molecule has 0 amide bonds. The normalized spacial score (nSPS) is 38.2. The average molecular weight is 280 g/mol. The molecule has 3 aliphatic rings. The predicted molar refractivity (Wildman–Crippen MR) is 83.0 cm³/mol. The Morgan fingerprint density at radius 3 is 2.80 bits per heavy atom. The first-order valence-electron chi connectivity index (χ1n) is 8.97. The number of likely N-dealkylation sites (tertiary alicyclic amines) is 1. The van der Waals surface area contributed by atoms with Crippen LogP contribution in [0.5, 0.6) is 0 Å². The fourth-order valence-corrected chi connectivity index (χ4v) is 4.50. The van der Waals surface area contributed by atoms with Crippen molar-refractivity contribution in [3.05, 3.63) is 0 Å². The number of nitrogens with one attached hydrogen (secondary N) is 1. The van der Waals surface area contributed by atoms with Gasteiger partial charge in [0.25, 0.3) is 0 Å².